The molecular formula is C11H16N10. The van der Waals surface area contributed by atoms with Crippen LogP contribution in [0.3, 0.4) is 0 Å². The molecule has 21 heavy (non-hydrogen) atoms. The number of rotatable bonds is 1. The molecule has 1 N–H and O–H groups in total. The molecule has 0 aliphatic carbocycles. The zero-order valence-electron chi connectivity index (χ0n) is 12.5. The maximum Gasteiger partial charge on any atom is 0.251 e. The molecule has 10 nitrogen and oxygen atoms in total. The average Bonchev–Trinajstić information content (AvgIpc) is 2.46. The van der Waals surface area contributed by atoms with Crippen molar-refractivity contribution in [3.8, 4) is 0 Å². The van der Waals surface area contributed by atoms with E-state index in [-0.39, 0.29) is 0 Å². The Hall–Kier alpha value is -2.78. The first-order chi connectivity index (χ1) is 9.99. The minimum atomic E-state index is 0.354. The van der Waals surface area contributed by atoms with Gasteiger partial charge in [-0.05, 0) is 0 Å². The van der Waals surface area contributed by atoms with Crippen LogP contribution in [0.25, 0.3) is 5.78 Å². The molecule has 0 aromatic carbocycles. The molecule has 1 aliphatic heterocycles. The van der Waals surface area contributed by atoms with Crippen molar-refractivity contribution in [2.45, 2.75) is 0 Å². The summed E-state index contributed by atoms with van der Waals surface area (Å²) in [6.45, 7) is 0. The standard InChI is InChI=1S/C11H16N10/c1-12-6-13-9-15-7(19(2)3)17-11-18-8(20(4)5)16-10(14-6)21(9)11/h1-5H3,(H,12,13,14,15,16,17,18). The van der Waals surface area contributed by atoms with Crippen LogP contribution in [0, 0.1) is 0 Å². The van der Waals surface area contributed by atoms with Crippen molar-refractivity contribution in [3.63, 3.8) is 0 Å². The Morgan fingerprint density at radius 3 is 2.38 bits per heavy atom. The van der Waals surface area contributed by atoms with E-state index in [1.807, 2.05) is 33.1 Å². The predicted octanol–water partition coefficient (Wildman–Crippen LogP) is -0.910. The van der Waals surface area contributed by atoms with Crippen LogP contribution in [-0.2, 0) is 0 Å². The molecule has 10 heteroatoms. The van der Waals surface area contributed by atoms with Crippen molar-refractivity contribution in [2.24, 2.45) is 9.98 Å². The van der Waals surface area contributed by atoms with E-state index in [1.165, 1.54) is 0 Å². The molecule has 2 aromatic heterocycles. The Morgan fingerprint density at radius 2 is 1.76 bits per heavy atom. The molecule has 0 radical (unpaired) electrons. The van der Waals surface area contributed by atoms with Gasteiger partial charge in [-0.3, -0.25) is 10.3 Å². The third kappa shape index (κ3) is 2.14. The van der Waals surface area contributed by atoms with Crippen LogP contribution in [0.15, 0.2) is 9.98 Å². The third-order valence-electron chi connectivity index (χ3n) is 2.87. The van der Waals surface area contributed by atoms with Crippen LogP contribution in [0.5, 0.6) is 0 Å². The Bertz CT molecular complexity index is 800. The molecule has 0 spiro atoms. The molecular weight excluding hydrogens is 272 g/mol. The summed E-state index contributed by atoms with van der Waals surface area (Å²) >= 11 is 0. The van der Waals surface area contributed by atoms with Crippen molar-refractivity contribution in [1.29, 1.82) is 0 Å². The molecule has 0 unspecified atom stereocenters. The third-order valence-corrected chi connectivity index (χ3v) is 2.87. The van der Waals surface area contributed by atoms with E-state index in [0.717, 1.165) is 0 Å². The van der Waals surface area contributed by atoms with E-state index >= 15 is 0 Å². The topological polar surface area (TPSA) is 99.2 Å². The normalized spacial score (nSPS) is 14.0. The number of aliphatic imine (C=N–C) groups is 1. The summed E-state index contributed by atoms with van der Waals surface area (Å²) in [7, 11) is 9.14. The summed E-state index contributed by atoms with van der Waals surface area (Å²) in [6.07, 6.45) is 0. The molecule has 0 fully saturated rings. The summed E-state index contributed by atoms with van der Waals surface area (Å²) in [6, 6.07) is 0. The van der Waals surface area contributed by atoms with Crippen LogP contribution in [0.4, 0.5) is 17.8 Å². The van der Waals surface area contributed by atoms with Gasteiger partial charge in [0.25, 0.3) is 5.62 Å². The minimum Gasteiger partial charge on any atom is -0.348 e. The van der Waals surface area contributed by atoms with Crippen molar-refractivity contribution in [3.05, 3.63) is 5.62 Å². The van der Waals surface area contributed by atoms with E-state index in [1.54, 1.807) is 16.3 Å². The zero-order valence-corrected chi connectivity index (χ0v) is 12.5. The molecule has 3 rings (SSSR count). The Morgan fingerprint density at radius 1 is 1.00 bits per heavy atom. The number of nitrogens with zero attached hydrogens (tertiary/aromatic N) is 9. The van der Waals surface area contributed by atoms with Gasteiger partial charge in [0.1, 0.15) is 0 Å². The number of hydrogen-bond acceptors (Lipinski definition) is 9. The molecule has 0 saturated heterocycles. The Balaban J connectivity index is 2.37. The van der Waals surface area contributed by atoms with E-state index in [4.69, 9.17) is 0 Å². The van der Waals surface area contributed by atoms with Crippen molar-refractivity contribution in [1.82, 2.24) is 29.2 Å². The van der Waals surface area contributed by atoms with Gasteiger partial charge < -0.3 is 9.80 Å². The van der Waals surface area contributed by atoms with Crippen LogP contribution in [-0.4, -0.2) is 70.4 Å². The van der Waals surface area contributed by atoms with Crippen LogP contribution >= 0.6 is 0 Å². The van der Waals surface area contributed by atoms with Crippen molar-refractivity contribution < 1.29 is 0 Å². The Labute approximate surface area is 120 Å². The molecule has 0 amide bonds. The van der Waals surface area contributed by atoms with Gasteiger partial charge in [-0.1, -0.05) is 0 Å². The first-order valence-electron chi connectivity index (χ1n) is 6.31. The lowest BCUT2D eigenvalue weighted by Crippen LogP contribution is -2.35. The van der Waals surface area contributed by atoms with Gasteiger partial charge in [0.05, 0.1) is 0 Å². The average molecular weight is 288 g/mol. The van der Waals surface area contributed by atoms with Gasteiger partial charge in [0, 0.05) is 35.2 Å². The highest BCUT2D eigenvalue weighted by atomic mass is 15.4. The maximum atomic E-state index is 4.47. The van der Waals surface area contributed by atoms with Gasteiger partial charge in [-0.2, -0.15) is 24.9 Å². The predicted molar refractivity (Wildman–Crippen MR) is 78.8 cm³/mol. The van der Waals surface area contributed by atoms with Gasteiger partial charge in [-0.15, -0.1) is 0 Å². The molecule has 0 atom stereocenters. The van der Waals surface area contributed by atoms with Gasteiger partial charge in [0.2, 0.25) is 29.6 Å². The first-order valence-corrected chi connectivity index (χ1v) is 6.31. The Kier molecular flexibility index (Phi) is 2.92. The van der Waals surface area contributed by atoms with Crippen LogP contribution in [0.1, 0.15) is 0 Å². The second-order valence-electron chi connectivity index (χ2n) is 4.88. The summed E-state index contributed by atoms with van der Waals surface area (Å²) in [5, 5.41) is 3.12. The molecule has 110 valence electrons. The second-order valence-corrected chi connectivity index (χ2v) is 4.88. The highest BCUT2D eigenvalue weighted by molar-refractivity contribution is 5.95. The van der Waals surface area contributed by atoms with Crippen LogP contribution < -0.4 is 15.8 Å². The fraction of sp³-hybridized carbons (Fsp3) is 0.455. The summed E-state index contributed by atoms with van der Waals surface area (Å²) in [5.74, 6) is 2.63. The number of anilines is 2. The highest BCUT2D eigenvalue weighted by Crippen LogP contribution is 2.21. The van der Waals surface area contributed by atoms with Gasteiger partial charge in [-0.25, -0.2) is 4.40 Å². The fourth-order valence-electron chi connectivity index (χ4n) is 1.81. The summed E-state index contributed by atoms with van der Waals surface area (Å²) < 4.78 is 1.66. The lowest BCUT2D eigenvalue weighted by atomic mass is 10.6. The number of nitrogens with one attached hydrogen (secondary N) is 1. The zero-order chi connectivity index (χ0) is 15.1. The summed E-state index contributed by atoms with van der Waals surface area (Å²) in [5.41, 5.74) is 0.354. The number of hydrogen-bond donors (Lipinski definition) is 1. The van der Waals surface area contributed by atoms with Crippen molar-refractivity contribution >= 4 is 29.6 Å². The number of aromatic nitrogens is 5. The molecule has 2 aromatic rings. The molecule has 0 bridgehead atoms. The molecule has 1 aliphatic rings. The SMILES string of the molecule is CN=c1nc2n3c(nc(N(C)C)nc3n1)N=C(N(C)C)N2. The monoisotopic (exact) mass is 288 g/mol. The van der Waals surface area contributed by atoms with E-state index < -0.39 is 0 Å². The fourth-order valence-corrected chi connectivity index (χ4v) is 1.81. The lowest BCUT2D eigenvalue weighted by molar-refractivity contribution is 0.615. The first kappa shape index (κ1) is 13.2. The smallest absolute Gasteiger partial charge is 0.251 e. The van der Waals surface area contributed by atoms with E-state index in [2.05, 4.69) is 35.2 Å². The second kappa shape index (κ2) is 4.65. The minimum absolute atomic E-state index is 0.354. The van der Waals surface area contributed by atoms with Gasteiger partial charge >= 0.3 is 0 Å². The lowest BCUT2D eigenvalue weighted by Gasteiger charge is -2.22. The van der Waals surface area contributed by atoms with E-state index in [9.17, 15) is 0 Å². The summed E-state index contributed by atoms with van der Waals surface area (Å²) in [4.78, 5) is 29.6. The highest BCUT2D eigenvalue weighted by Gasteiger charge is 2.20. The molecule has 3 heterocycles. The van der Waals surface area contributed by atoms with E-state index in [0.29, 0.717) is 35.2 Å². The molecule has 0 saturated carbocycles. The quantitative estimate of drug-likeness (QED) is 0.725. The largest absolute Gasteiger partial charge is 0.348 e. The van der Waals surface area contributed by atoms with Crippen molar-refractivity contribution in [2.75, 3.05) is 45.5 Å². The van der Waals surface area contributed by atoms with Crippen LogP contribution in [0.2, 0.25) is 0 Å². The number of guanidine groups is 1. The maximum absolute atomic E-state index is 4.47. The van der Waals surface area contributed by atoms with Gasteiger partial charge in [0.15, 0.2) is 0 Å².